The van der Waals surface area contributed by atoms with Crippen LogP contribution in [0.1, 0.15) is 24.0 Å². The molecule has 160 valence electrons. The smallest absolute Gasteiger partial charge is 0.243 e. The van der Waals surface area contributed by atoms with E-state index in [1.165, 1.54) is 6.07 Å². The molecule has 0 saturated carbocycles. The van der Waals surface area contributed by atoms with E-state index < -0.39 is 23.6 Å². The molecule has 2 heterocycles. The number of likely N-dealkylation sites (N-methyl/N-ethyl adjacent to an activating group) is 1. The van der Waals surface area contributed by atoms with Crippen LogP contribution in [0.4, 0.5) is 14.6 Å². The lowest BCUT2D eigenvalue weighted by Gasteiger charge is -2.24. The molecule has 2 atom stereocenters. The van der Waals surface area contributed by atoms with E-state index in [4.69, 9.17) is 5.73 Å². The van der Waals surface area contributed by atoms with Crippen molar-refractivity contribution in [3.8, 4) is 0 Å². The molecule has 1 saturated heterocycles. The third-order valence-electron chi connectivity index (χ3n) is 5.19. The highest BCUT2D eigenvalue weighted by atomic mass is 19.2. The summed E-state index contributed by atoms with van der Waals surface area (Å²) in [6.07, 6.45) is 3.19. The predicted molar refractivity (Wildman–Crippen MR) is 108 cm³/mol. The van der Waals surface area contributed by atoms with Gasteiger partial charge < -0.3 is 16.4 Å². The van der Waals surface area contributed by atoms with Crippen LogP contribution < -0.4 is 16.4 Å². The van der Waals surface area contributed by atoms with Crippen molar-refractivity contribution in [2.75, 3.05) is 19.3 Å². The van der Waals surface area contributed by atoms with Crippen molar-refractivity contribution >= 4 is 17.6 Å². The Morgan fingerprint density at radius 1 is 1.23 bits per heavy atom. The standard InChI is InChI=1S/C21H25F2N5O2/c1-28-8-2-3-18(28)21(30)27-17(10-13-4-6-15(22)16(23)9-13)20(29)26-12-14-5-7-19(24)25-11-14/h4-7,9,11,17-18H,2-3,8,10,12H2,1H3,(H2,24,25)(H,26,29)(H,27,30)/t17-,18-/m0/s1. The van der Waals surface area contributed by atoms with Gasteiger partial charge in [-0.2, -0.15) is 0 Å². The second-order valence-electron chi connectivity index (χ2n) is 7.46. The molecule has 1 aliphatic heterocycles. The number of pyridine rings is 1. The van der Waals surface area contributed by atoms with Crippen molar-refractivity contribution in [3.05, 3.63) is 59.3 Å². The SMILES string of the molecule is CN1CCC[C@H]1C(=O)N[C@@H](Cc1ccc(F)c(F)c1)C(=O)NCc1ccc(N)nc1. The second kappa shape index (κ2) is 9.62. The number of halogens is 2. The van der Waals surface area contributed by atoms with Crippen LogP contribution >= 0.6 is 0 Å². The molecule has 4 N–H and O–H groups in total. The topological polar surface area (TPSA) is 100 Å². The molecular weight excluding hydrogens is 392 g/mol. The first-order chi connectivity index (χ1) is 14.3. The fraction of sp³-hybridized carbons (Fsp3) is 0.381. The number of carbonyl (C=O) groups is 2. The Hall–Kier alpha value is -3.07. The summed E-state index contributed by atoms with van der Waals surface area (Å²) in [6, 6.07) is 5.55. The molecule has 1 fully saturated rings. The number of aromatic nitrogens is 1. The Labute approximate surface area is 173 Å². The molecule has 2 aromatic rings. The van der Waals surface area contributed by atoms with E-state index in [0.29, 0.717) is 17.8 Å². The fourth-order valence-electron chi connectivity index (χ4n) is 3.47. The number of carbonyl (C=O) groups excluding carboxylic acids is 2. The van der Waals surface area contributed by atoms with Gasteiger partial charge in [-0.1, -0.05) is 12.1 Å². The molecule has 0 aliphatic carbocycles. The molecule has 7 nitrogen and oxygen atoms in total. The summed E-state index contributed by atoms with van der Waals surface area (Å²) >= 11 is 0. The molecule has 0 radical (unpaired) electrons. The number of benzene rings is 1. The summed E-state index contributed by atoms with van der Waals surface area (Å²) in [5, 5.41) is 5.53. The molecule has 1 aliphatic rings. The average molecular weight is 417 g/mol. The van der Waals surface area contributed by atoms with Crippen LogP contribution in [0.15, 0.2) is 36.5 Å². The highest BCUT2D eigenvalue weighted by Crippen LogP contribution is 2.16. The van der Waals surface area contributed by atoms with Crippen molar-refractivity contribution < 1.29 is 18.4 Å². The number of anilines is 1. The first kappa shape index (κ1) is 21.6. The van der Waals surface area contributed by atoms with Crippen LogP contribution in [-0.2, 0) is 22.6 Å². The van der Waals surface area contributed by atoms with Crippen LogP contribution in [-0.4, -0.2) is 47.4 Å². The Bertz CT molecular complexity index is 907. The van der Waals surface area contributed by atoms with Crippen LogP contribution in [0.2, 0.25) is 0 Å². The first-order valence-corrected chi connectivity index (χ1v) is 9.76. The van der Waals surface area contributed by atoms with Gasteiger partial charge in [0, 0.05) is 19.2 Å². The summed E-state index contributed by atoms with van der Waals surface area (Å²) in [5.41, 5.74) is 6.71. The molecule has 9 heteroatoms. The lowest BCUT2D eigenvalue weighted by Crippen LogP contribution is -2.52. The van der Waals surface area contributed by atoms with Crippen LogP contribution in [0.3, 0.4) is 0 Å². The van der Waals surface area contributed by atoms with Crippen molar-refractivity contribution in [1.29, 1.82) is 0 Å². The summed E-state index contributed by atoms with van der Waals surface area (Å²) in [5.74, 6) is -2.28. The number of nitrogen functional groups attached to an aromatic ring is 1. The van der Waals surface area contributed by atoms with Gasteiger partial charge in [-0.25, -0.2) is 13.8 Å². The predicted octanol–water partition coefficient (Wildman–Crippen LogP) is 1.38. The van der Waals surface area contributed by atoms with Crippen molar-refractivity contribution in [2.45, 2.75) is 37.9 Å². The zero-order chi connectivity index (χ0) is 21.7. The molecule has 0 spiro atoms. The maximum atomic E-state index is 13.6. The van der Waals surface area contributed by atoms with E-state index >= 15 is 0 Å². The van der Waals surface area contributed by atoms with Gasteiger partial charge in [0.25, 0.3) is 0 Å². The van der Waals surface area contributed by atoms with Gasteiger partial charge in [-0.15, -0.1) is 0 Å². The lowest BCUT2D eigenvalue weighted by molar-refractivity contribution is -0.131. The number of nitrogens with two attached hydrogens (primary N) is 1. The third kappa shape index (κ3) is 5.50. The van der Waals surface area contributed by atoms with Gasteiger partial charge in [0.05, 0.1) is 6.04 Å². The van der Waals surface area contributed by atoms with E-state index in [0.717, 1.165) is 30.7 Å². The summed E-state index contributed by atoms with van der Waals surface area (Å²) in [6.45, 7) is 1.00. The number of amides is 2. The van der Waals surface area contributed by atoms with Crippen molar-refractivity contribution in [2.24, 2.45) is 0 Å². The Morgan fingerprint density at radius 2 is 2.00 bits per heavy atom. The van der Waals surface area contributed by atoms with E-state index in [1.807, 2.05) is 11.9 Å². The van der Waals surface area contributed by atoms with Gasteiger partial charge in [-0.3, -0.25) is 14.5 Å². The van der Waals surface area contributed by atoms with Crippen LogP contribution in [0.5, 0.6) is 0 Å². The van der Waals surface area contributed by atoms with Crippen LogP contribution in [0, 0.1) is 11.6 Å². The molecule has 1 aromatic carbocycles. The lowest BCUT2D eigenvalue weighted by atomic mass is 10.0. The molecule has 0 unspecified atom stereocenters. The van der Waals surface area contributed by atoms with Gasteiger partial charge in [0.2, 0.25) is 11.8 Å². The Kier molecular flexibility index (Phi) is 6.94. The summed E-state index contributed by atoms with van der Waals surface area (Å²) < 4.78 is 26.9. The van der Waals surface area contributed by atoms with E-state index in [9.17, 15) is 18.4 Å². The van der Waals surface area contributed by atoms with Crippen molar-refractivity contribution in [3.63, 3.8) is 0 Å². The minimum absolute atomic E-state index is 0.0329. The molecule has 30 heavy (non-hydrogen) atoms. The zero-order valence-electron chi connectivity index (χ0n) is 16.7. The zero-order valence-corrected chi connectivity index (χ0v) is 16.7. The first-order valence-electron chi connectivity index (χ1n) is 9.76. The van der Waals surface area contributed by atoms with E-state index in [2.05, 4.69) is 15.6 Å². The molecule has 0 bridgehead atoms. The minimum atomic E-state index is -0.999. The Balaban J connectivity index is 1.71. The van der Waals surface area contributed by atoms with Gasteiger partial charge >= 0.3 is 0 Å². The number of hydrogen-bond acceptors (Lipinski definition) is 5. The van der Waals surface area contributed by atoms with Gasteiger partial charge in [0.15, 0.2) is 11.6 Å². The highest BCUT2D eigenvalue weighted by Gasteiger charge is 2.31. The van der Waals surface area contributed by atoms with Gasteiger partial charge in [-0.05, 0) is 55.8 Å². The maximum absolute atomic E-state index is 13.6. The third-order valence-corrected chi connectivity index (χ3v) is 5.19. The highest BCUT2D eigenvalue weighted by molar-refractivity contribution is 5.90. The number of nitrogens with one attached hydrogen (secondary N) is 2. The molecule has 3 rings (SSSR count). The number of likely N-dealkylation sites (tertiary alicyclic amines) is 1. The van der Waals surface area contributed by atoms with Gasteiger partial charge in [0.1, 0.15) is 11.9 Å². The second-order valence-corrected chi connectivity index (χ2v) is 7.46. The fourth-order valence-corrected chi connectivity index (χ4v) is 3.47. The van der Waals surface area contributed by atoms with E-state index in [1.54, 1.807) is 18.3 Å². The summed E-state index contributed by atoms with van der Waals surface area (Å²) in [7, 11) is 1.86. The molecule has 2 amide bonds. The number of rotatable bonds is 7. The van der Waals surface area contributed by atoms with E-state index in [-0.39, 0.29) is 24.9 Å². The number of nitrogens with zero attached hydrogens (tertiary/aromatic N) is 2. The number of hydrogen-bond donors (Lipinski definition) is 3. The minimum Gasteiger partial charge on any atom is -0.384 e. The normalized spacial score (nSPS) is 17.5. The average Bonchev–Trinajstić information content (AvgIpc) is 3.15. The van der Waals surface area contributed by atoms with Crippen molar-refractivity contribution in [1.82, 2.24) is 20.5 Å². The molecule has 1 aromatic heterocycles. The largest absolute Gasteiger partial charge is 0.384 e. The Morgan fingerprint density at radius 3 is 2.63 bits per heavy atom. The molecular formula is C21H25F2N5O2. The van der Waals surface area contributed by atoms with Crippen LogP contribution in [0.25, 0.3) is 0 Å². The monoisotopic (exact) mass is 417 g/mol. The quantitative estimate of drug-likeness (QED) is 0.632. The summed E-state index contributed by atoms with van der Waals surface area (Å²) in [4.78, 5) is 31.4. The maximum Gasteiger partial charge on any atom is 0.243 e.